The Hall–Kier alpha value is -1.88. The van der Waals surface area contributed by atoms with Crippen molar-refractivity contribution < 1.29 is 19.1 Å². The maximum Gasteiger partial charge on any atom is 0.307 e. The predicted molar refractivity (Wildman–Crippen MR) is 84.2 cm³/mol. The molecule has 0 atom stereocenters. The molecule has 0 spiro atoms. The van der Waals surface area contributed by atoms with Crippen molar-refractivity contribution in [1.82, 2.24) is 4.90 Å². The van der Waals surface area contributed by atoms with E-state index >= 15 is 0 Å². The number of carbonyl (C=O) groups is 2. The minimum absolute atomic E-state index is 0.194. The van der Waals surface area contributed by atoms with Crippen molar-refractivity contribution in [3.8, 4) is 0 Å². The third kappa shape index (κ3) is 9.13. The fourth-order valence-electron chi connectivity index (χ4n) is 1.75. The zero-order valence-electron chi connectivity index (χ0n) is 13.4. The average molecular weight is 307 g/mol. The van der Waals surface area contributed by atoms with E-state index in [4.69, 9.17) is 9.47 Å². The molecule has 1 aromatic rings. The van der Waals surface area contributed by atoms with E-state index in [1.165, 1.54) is 0 Å². The normalized spacial score (nSPS) is 10.5. The molecule has 0 aliphatic heterocycles. The largest absolute Gasteiger partial charge is 0.466 e. The Morgan fingerprint density at radius 2 is 1.64 bits per heavy atom. The Kier molecular flexibility index (Phi) is 8.91. The van der Waals surface area contributed by atoms with Crippen LogP contribution in [-0.4, -0.2) is 44.1 Å². The van der Waals surface area contributed by atoms with E-state index in [1.54, 1.807) is 0 Å². The van der Waals surface area contributed by atoms with Gasteiger partial charge in [0.25, 0.3) is 0 Å². The van der Waals surface area contributed by atoms with Crippen LogP contribution in [0.3, 0.4) is 0 Å². The van der Waals surface area contributed by atoms with Gasteiger partial charge in [-0.15, -0.1) is 0 Å². The van der Waals surface area contributed by atoms with E-state index < -0.39 is 0 Å². The van der Waals surface area contributed by atoms with Crippen molar-refractivity contribution in [3.63, 3.8) is 0 Å². The fraction of sp³-hybridized carbons (Fsp3) is 0.529. The van der Waals surface area contributed by atoms with Gasteiger partial charge in [-0.3, -0.25) is 9.59 Å². The van der Waals surface area contributed by atoms with Gasteiger partial charge >= 0.3 is 11.9 Å². The fourth-order valence-corrected chi connectivity index (χ4v) is 1.75. The van der Waals surface area contributed by atoms with Gasteiger partial charge in [0, 0.05) is 13.0 Å². The second-order valence-corrected chi connectivity index (χ2v) is 5.38. The lowest BCUT2D eigenvalue weighted by Crippen LogP contribution is -2.18. The maximum absolute atomic E-state index is 11.6. The van der Waals surface area contributed by atoms with Crippen molar-refractivity contribution in [1.29, 1.82) is 0 Å². The number of esters is 2. The number of hydrogen-bond acceptors (Lipinski definition) is 5. The standard InChI is InChI=1S/C17H25NO4/c1-18(2)12-11-17(20)21-13-7-6-10-16(19)22-14-15-8-4-3-5-9-15/h3-5,8-9H,6-7,10-14H2,1-2H3. The highest BCUT2D eigenvalue weighted by Crippen LogP contribution is 2.04. The molecule has 5 heteroatoms. The Balaban J connectivity index is 2.00. The molecule has 22 heavy (non-hydrogen) atoms. The number of rotatable bonds is 10. The summed E-state index contributed by atoms with van der Waals surface area (Å²) >= 11 is 0. The van der Waals surface area contributed by atoms with E-state index in [1.807, 2.05) is 49.3 Å². The smallest absolute Gasteiger partial charge is 0.307 e. The number of hydrogen-bond donors (Lipinski definition) is 0. The van der Waals surface area contributed by atoms with E-state index in [9.17, 15) is 9.59 Å². The third-order valence-corrected chi connectivity index (χ3v) is 3.04. The second kappa shape index (κ2) is 10.8. The predicted octanol–water partition coefficient (Wildman–Crippen LogP) is 2.39. The number of carbonyl (C=O) groups excluding carboxylic acids is 2. The number of nitrogens with zero attached hydrogens (tertiary/aromatic N) is 1. The number of unbranched alkanes of at least 4 members (excludes halogenated alkanes) is 1. The monoisotopic (exact) mass is 307 g/mol. The molecule has 0 aliphatic carbocycles. The summed E-state index contributed by atoms with van der Waals surface area (Å²) in [5.74, 6) is -0.414. The average Bonchev–Trinajstić information content (AvgIpc) is 2.51. The lowest BCUT2D eigenvalue weighted by molar-refractivity contribution is -0.145. The highest BCUT2D eigenvalue weighted by atomic mass is 16.5. The summed E-state index contributed by atoms with van der Waals surface area (Å²) in [6, 6.07) is 9.58. The van der Waals surface area contributed by atoms with Crippen molar-refractivity contribution >= 4 is 11.9 Å². The zero-order chi connectivity index (χ0) is 16.2. The van der Waals surface area contributed by atoms with Crippen LogP contribution in [0.5, 0.6) is 0 Å². The SMILES string of the molecule is CN(C)CCC(=O)OCCCCC(=O)OCc1ccccc1. The molecule has 0 heterocycles. The molecule has 0 aliphatic rings. The lowest BCUT2D eigenvalue weighted by atomic mass is 10.2. The molecular formula is C17H25NO4. The van der Waals surface area contributed by atoms with E-state index in [2.05, 4.69) is 0 Å². The van der Waals surface area contributed by atoms with E-state index in [0.29, 0.717) is 45.4 Å². The Morgan fingerprint density at radius 3 is 2.32 bits per heavy atom. The molecule has 122 valence electrons. The molecule has 1 aromatic carbocycles. The first-order valence-corrected chi connectivity index (χ1v) is 7.58. The first-order valence-electron chi connectivity index (χ1n) is 7.58. The van der Waals surface area contributed by atoms with Gasteiger partial charge in [-0.05, 0) is 32.5 Å². The minimum atomic E-state index is -0.220. The van der Waals surface area contributed by atoms with Crippen molar-refractivity contribution in [2.75, 3.05) is 27.2 Å². The summed E-state index contributed by atoms with van der Waals surface area (Å²) in [6.45, 7) is 1.35. The van der Waals surface area contributed by atoms with Crippen LogP contribution in [-0.2, 0) is 25.7 Å². The van der Waals surface area contributed by atoms with Crippen molar-refractivity contribution in [2.24, 2.45) is 0 Å². The van der Waals surface area contributed by atoms with Crippen LogP contribution in [0, 0.1) is 0 Å². The summed E-state index contributed by atoms with van der Waals surface area (Å²) < 4.78 is 10.3. The molecule has 0 unspecified atom stereocenters. The summed E-state index contributed by atoms with van der Waals surface area (Å²) in [5.41, 5.74) is 0.977. The van der Waals surface area contributed by atoms with Gasteiger partial charge in [0.15, 0.2) is 0 Å². The van der Waals surface area contributed by atoms with E-state index in [0.717, 1.165) is 5.56 Å². The van der Waals surface area contributed by atoms with Gasteiger partial charge in [0.2, 0.25) is 0 Å². The molecule has 1 rings (SSSR count). The highest BCUT2D eigenvalue weighted by Gasteiger charge is 2.05. The number of ether oxygens (including phenoxy) is 2. The Labute approximate surface area is 132 Å². The Bertz CT molecular complexity index is 445. The molecule has 0 aromatic heterocycles. The van der Waals surface area contributed by atoms with Gasteiger partial charge in [0.1, 0.15) is 6.61 Å². The molecule has 0 saturated carbocycles. The van der Waals surface area contributed by atoms with Crippen LogP contribution in [0.4, 0.5) is 0 Å². The summed E-state index contributed by atoms with van der Waals surface area (Å²) in [7, 11) is 3.82. The number of benzene rings is 1. The minimum Gasteiger partial charge on any atom is -0.466 e. The topological polar surface area (TPSA) is 55.8 Å². The molecule has 0 fully saturated rings. The van der Waals surface area contributed by atoms with Crippen LogP contribution in [0.2, 0.25) is 0 Å². The van der Waals surface area contributed by atoms with Gasteiger partial charge in [-0.1, -0.05) is 30.3 Å². The molecule has 0 N–H and O–H groups in total. The van der Waals surface area contributed by atoms with Gasteiger partial charge < -0.3 is 14.4 Å². The van der Waals surface area contributed by atoms with Crippen LogP contribution < -0.4 is 0 Å². The van der Waals surface area contributed by atoms with Gasteiger partial charge in [-0.2, -0.15) is 0 Å². The molecule has 0 amide bonds. The van der Waals surface area contributed by atoms with Crippen molar-refractivity contribution in [3.05, 3.63) is 35.9 Å². The maximum atomic E-state index is 11.6. The van der Waals surface area contributed by atoms with Crippen LogP contribution in [0.15, 0.2) is 30.3 Å². The molecule has 5 nitrogen and oxygen atoms in total. The first kappa shape index (κ1) is 18.2. The van der Waals surface area contributed by atoms with Crippen LogP contribution >= 0.6 is 0 Å². The summed E-state index contributed by atoms with van der Waals surface area (Å²) in [6.07, 6.45) is 2.08. The van der Waals surface area contributed by atoms with Gasteiger partial charge in [-0.25, -0.2) is 0 Å². The third-order valence-electron chi connectivity index (χ3n) is 3.04. The van der Waals surface area contributed by atoms with Gasteiger partial charge in [0.05, 0.1) is 13.0 Å². The summed E-state index contributed by atoms with van der Waals surface area (Å²) in [4.78, 5) is 24.9. The molecule has 0 saturated heterocycles. The van der Waals surface area contributed by atoms with Crippen LogP contribution in [0.1, 0.15) is 31.2 Å². The Morgan fingerprint density at radius 1 is 0.955 bits per heavy atom. The lowest BCUT2D eigenvalue weighted by Gasteiger charge is -2.09. The quantitative estimate of drug-likeness (QED) is 0.491. The second-order valence-electron chi connectivity index (χ2n) is 5.38. The molecule has 0 radical (unpaired) electrons. The zero-order valence-corrected chi connectivity index (χ0v) is 13.4. The first-order chi connectivity index (χ1) is 10.6. The molecule has 0 bridgehead atoms. The molecular weight excluding hydrogens is 282 g/mol. The van der Waals surface area contributed by atoms with Crippen molar-refractivity contribution in [2.45, 2.75) is 32.3 Å². The highest BCUT2D eigenvalue weighted by molar-refractivity contribution is 5.70. The van der Waals surface area contributed by atoms with Crippen LogP contribution in [0.25, 0.3) is 0 Å². The summed E-state index contributed by atoms with van der Waals surface area (Å²) in [5, 5.41) is 0. The van der Waals surface area contributed by atoms with E-state index in [-0.39, 0.29) is 11.9 Å².